The van der Waals surface area contributed by atoms with Crippen LogP contribution in [0.3, 0.4) is 0 Å². The fourth-order valence-electron chi connectivity index (χ4n) is 2.12. The van der Waals surface area contributed by atoms with Crippen molar-refractivity contribution >= 4 is 5.91 Å². The maximum absolute atomic E-state index is 11.7. The molecule has 1 amide bonds. The second-order valence-corrected chi connectivity index (χ2v) is 4.94. The molecule has 0 saturated carbocycles. The van der Waals surface area contributed by atoms with E-state index in [0.29, 0.717) is 32.1 Å². The number of hydrogen-bond donors (Lipinski definition) is 1. The number of hydrogen-bond acceptors (Lipinski definition) is 5. The zero-order chi connectivity index (χ0) is 14.9. The van der Waals surface area contributed by atoms with E-state index in [4.69, 9.17) is 14.2 Å². The van der Waals surface area contributed by atoms with Crippen molar-refractivity contribution in [3.8, 4) is 5.88 Å². The van der Waals surface area contributed by atoms with Crippen LogP contribution in [0.4, 0.5) is 0 Å². The molecule has 1 fully saturated rings. The highest BCUT2D eigenvalue weighted by molar-refractivity contribution is 5.75. The van der Waals surface area contributed by atoms with Crippen LogP contribution in [0.15, 0.2) is 18.3 Å². The van der Waals surface area contributed by atoms with Crippen LogP contribution < -0.4 is 10.1 Å². The van der Waals surface area contributed by atoms with Crippen LogP contribution in [0.5, 0.6) is 5.88 Å². The van der Waals surface area contributed by atoms with Crippen LogP contribution in [-0.2, 0) is 20.8 Å². The van der Waals surface area contributed by atoms with Gasteiger partial charge in [0.05, 0.1) is 26.4 Å². The summed E-state index contributed by atoms with van der Waals surface area (Å²) in [7, 11) is 1.57. The summed E-state index contributed by atoms with van der Waals surface area (Å²) in [6.07, 6.45) is 4.37. The van der Waals surface area contributed by atoms with Crippen LogP contribution in [-0.4, -0.2) is 43.9 Å². The molecule has 0 aromatic carbocycles. The molecule has 0 bridgehead atoms. The minimum atomic E-state index is -0.0295. The van der Waals surface area contributed by atoms with E-state index < -0.39 is 0 Å². The minimum Gasteiger partial charge on any atom is -0.481 e. The minimum absolute atomic E-state index is 0.0295. The third-order valence-corrected chi connectivity index (χ3v) is 3.30. The van der Waals surface area contributed by atoms with Crippen LogP contribution >= 0.6 is 0 Å². The third kappa shape index (κ3) is 5.69. The Morgan fingerprint density at radius 3 is 3.24 bits per heavy atom. The molecule has 1 aliphatic rings. The molecule has 6 heteroatoms. The Morgan fingerprint density at radius 1 is 1.57 bits per heavy atom. The van der Waals surface area contributed by atoms with Crippen molar-refractivity contribution in [1.29, 1.82) is 0 Å². The lowest BCUT2D eigenvalue weighted by Crippen LogP contribution is -2.24. The molecule has 0 spiro atoms. The molecule has 0 unspecified atom stereocenters. The van der Waals surface area contributed by atoms with E-state index in [2.05, 4.69) is 10.3 Å². The van der Waals surface area contributed by atoms with Gasteiger partial charge in [-0.2, -0.15) is 0 Å². The molecule has 21 heavy (non-hydrogen) atoms. The largest absolute Gasteiger partial charge is 0.481 e. The van der Waals surface area contributed by atoms with Gasteiger partial charge < -0.3 is 19.5 Å². The highest BCUT2D eigenvalue weighted by Gasteiger charge is 2.15. The van der Waals surface area contributed by atoms with Gasteiger partial charge in [0.15, 0.2) is 0 Å². The predicted molar refractivity (Wildman–Crippen MR) is 77.0 cm³/mol. The molecule has 1 aliphatic heterocycles. The van der Waals surface area contributed by atoms with Gasteiger partial charge in [-0.15, -0.1) is 0 Å². The van der Waals surface area contributed by atoms with Gasteiger partial charge >= 0.3 is 0 Å². The fourth-order valence-corrected chi connectivity index (χ4v) is 2.12. The number of pyridine rings is 1. The van der Waals surface area contributed by atoms with E-state index in [1.165, 1.54) is 0 Å². The summed E-state index contributed by atoms with van der Waals surface area (Å²) in [5, 5.41) is 2.85. The van der Waals surface area contributed by atoms with Crippen molar-refractivity contribution in [2.24, 2.45) is 0 Å². The molecule has 1 N–H and O–H groups in total. The molecule has 1 saturated heterocycles. The standard InChI is InChI=1S/C15H22N2O4/c1-19-15-9-12(4-6-16-15)10-17-14(18)5-8-20-11-13-3-2-7-21-13/h4,6,9,13H,2-3,5,7-8,10-11H2,1H3,(H,17,18)/t13-/m0/s1. The lowest BCUT2D eigenvalue weighted by atomic mass is 10.2. The second kappa shape index (κ2) is 8.59. The van der Waals surface area contributed by atoms with Crippen molar-refractivity contribution in [1.82, 2.24) is 10.3 Å². The highest BCUT2D eigenvalue weighted by atomic mass is 16.5. The average molecular weight is 294 g/mol. The number of carbonyl (C=O) groups excluding carboxylic acids is 1. The van der Waals surface area contributed by atoms with Crippen LogP contribution in [0.2, 0.25) is 0 Å². The first-order valence-electron chi connectivity index (χ1n) is 7.23. The number of aromatic nitrogens is 1. The second-order valence-electron chi connectivity index (χ2n) is 4.94. The summed E-state index contributed by atoms with van der Waals surface area (Å²) in [6, 6.07) is 3.64. The molecule has 1 atom stereocenters. The number of nitrogens with zero attached hydrogens (tertiary/aromatic N) is 1. The smallest absolute Gasteiger partial charge is 0.222 e. The van der Waals surface area contributed by atoms with Gasteiger partial charge in [-0.1, -0.05) is 0 Å². The quantitative estimate of drug-likeness (QED) is 0.732. The summed E-state index contributed by atoms with van der Waals surface area (Å²) in [6.45, 7) is 2.29. The van der Waals surface area contributed by atoms with E-state index in [9.17, 15) is 4.79 Å². The number of ether oxygens (including phenoxy) is 3. The first kappa shape index (κ1) is 15.7. The Balaban J connectivity index is 1.58. The first-order chi connectivity index (χ1) is 10.3. The third-order valence-electron chi connectivity index (χ3n) is 3.30. The first-order valence-corrected chi connectivity index (χ1v) is 7.23. The summed E-state index contributed by atoms with van der Waals surface area (Å²) < 4.78 is 15.9. The van der Waals surface area contributed by atoms with Gasteiger partial charge in [0.25, 0.3) is 0 Å². The normalized spacial score (nSPS) is 17.7. The molecule has 6 nitrogen and oxygen atoms in total. The SMILES string of the molecule is COc1cc(CNC(=O)CCOC[C@@H]2CCCO2)ccn1. The molecular weight excluding hydrogens is 272 g/mol. The fraction of sp³-hybridized carbons (Fsp3) is 0.600. The van der Waals surface area contributed by atoms with Gasteiger partial charge in [0, 0.05) is 31.8 Å². The predicted octanol–water partition coefficient (Wildman–Crippen LogP) is 1.29. The monoisotopic (exact) mass is 294 g/mol. The molecule has 0 aliphatic carbocycles. The maximum Gasteiger partial charge on any atom is 0.222 e. The Kier molecular flexibility index (Phi) is 6.43. The Morgan fingerprint density at radius 2 is 2.48 bits per heavy atom. The van der Waals surface area contributed by atoms with Gasteiger partial charge in [-0.25, -0.2) is 4.98 Å². The molecule has 2 heterocycles. The van der Waals surface area contributed by atoms with Crippen LogP contribution in [0, 0.1) is 0 Å². The van der Waals surface area contributed by atoms with Crippen molar-refractivity contribution in [3.05, 3.63) is 23.9 Å². The molecular formula is C15H22N2O4. The Labute approximate surface area is 124 Å². The van der Waals surface area contributed by atoms with Crippen molar-refractivity contribution < 1.29 is 19.0 Å². The topological polar surface area (TPSA) is 69.7 Å². The molecule has 2 rings (SSSR count). The summed E-state index contributed by atoms with van der Waals surface area (Å²) in [5.74, 6) is 0.514. The zero-order valence-electron chi connectivity index (χ0n) is 12.3. The lowest BCUT2D eigenvalue weighted by Gasteiger charge is -2.10. The summed E-state index contributed by atoms with van der Waals surface area (Å²) >= 11 is 0. The van der Waals surface area contributed by atoms with Gasteiger partial charge in [0.2, 0.25) is 11.8 Å². The van der Waals surface area contributed by atoms with Crippen LogP contribution in [0.25, 0.3) is 0 Å². The van der Waals surface area contributed by atoms with Crippen LogP contribution in [0.1, 0.15) is 24.8 Å². The maximum atomic E-state index is 11.7. The van der Waals surface area contributed by atoms with Crippen molar-refractivity contribution in [2.75, 3.05) is 26.9 Å². The average Bonchev–Trinajstić information content (AvgIpc) is 3.03. The Bertz CT molecular complexity index is 447. The summed E-state index contributed by atoms with van der Waals surface area (Å²) in [5.41, 5.74) is 0.954. The van der Waals surface area contributed by atoms with Gasteiger partial charge in [0.1, 0.15) is 0 Å². The van der Waals surface area contributed by atoms with Gasteiger partial charge in [-0.05, 0) is 24.5 Å². The zero-order valence-corrected chi connectivity index (χ0v) is 12.3. The number of carbonyl (C=O) groups is 1. The number of rotatable bonds is 8. The van der Waals surface area contributed by atoms with E-state index in [1.54, 1.807) is 19.4 Å². The molecule has 1 aromatic heterocycles. The Hall–Kier alpha value is -1.66. The van der Waals surface area contributed by atoms with Crippen molar-refractivity contribution in [2.45, 2.75) is 31.9 Å². The highest BCUT2D eigenvalue weighted by Crippen LogP contribution is 2.12. The van der Waals surface area contributed by atoms with E-state index in [0.717, 1.165) is 25.0 Å². The molecule has 116 valence electrons. The number of nitrogens with one attached hydrogen (secondary N) is 1. The van der Waals surface area contributed by atoms with E-state index >= 15 is 0 Å². The van der Waals surface area contributed by atoms with E-state index in [1.807, 2.05) is 6.07 Å². The number of amides is 1. The molecule has 0 radical (unpaired) electrons. The number of methoxy groups -OCH3 is 1. The lowest BCUT2D eigenvalue weighted by molar-refractivity contribution is -0.122. The van der Waals surface area contributed by atoms with Gasteiger partial charge in [-0.3, -0.25) is 4.79 Å². The van der Waals surface area contributed by atoms with E-state index in [-0.39, 0.29) is 12.0 Å². The summed E-state index contributed by atoms with van der Waals surface area (Å²) in [4.78, 5) is 15.7. The molecule has 1 aromatic rings. The van der Waals surface area contributed by atoms with Crippen molar-refractivity contribution in [3.63, 3.8) is 0 Å².